The lowest BCUT2D eigenvalue weighted by Crippen LogP contribution is -2.17. The first kappa shape index (κ1) is 21.4. The van der Waals surface area contributed by atoms with E-state index in [1.165, 1.54) is 69.8 Å². The average molecular weight is 381 g/mol. The molecular weight excluding hydrogens is 340 g/mol. The number of ether oxygens (including phenoxy) is 1. The summed E-state index contributed by atoms with van der Waals surface area (Å²) in [5.41, 5.74) is 2.83. The Balaban J connectivity index is 1.35. The van der Waals surface area contributed by atoms with Crippen molar-refractivity contribution in [2.45, 2.75) is 83.7 Å². The van der Waals surface area contributed by atoms with Crippen LogP contribution in [0.1, 0.15) is 88.2 Å². The summed E-state index contributed by atoms with van der Waals surface area (Å²) in [5.74, 6) is 3.55. The van der Waals surface area contributed by atoms with Gasteiger partial charge in [0.2, 0.25) is 0 Å². The van der Waals surface area contributed by atoms with Gasteiger partial charge in [0.05, 0.1) is 13.2 Å². The fourth-order valence-electron chi connectivity index (χ4n) is 5.20. The van der Waals surface area contributed by atoms with Crippen LogP contribution in [0.25, 0.3) is 0 Å². The molecule has 154 valence electrons. The van der Waals surface area contributed by atoms with E-state index in [4.69, 9.17) is 4.74 Å². The topological polar surface area (TPSA) is 9.23 Å². The van der Waals surface area contributed by atoms with Crippen LogP contribution < -0.4 is 0 Å². The third-order valence-corrected chi connectivity index (χ3v) is 7.22. The normalized spacial score (nSPS) is 28.5. The Morgan fingerprint density at radius 3 is 2.07 bits per heavy atom. The van der Waals surface area contributed by atoms with Gasteiger partial charge in [-0.3, -0.25) is 0 Å². The van der Waals surface area contributed by atoms with Crippen molar-refractivity contribution in [3.63, 3.8) is 0 Å². The van der Waals surface area contributed by atoms with E-state index in [2.05, 4.69) is 43.0 Å². The maximum Gasteiger partial charge on any atom is 0.0721 e. The van der Waals surface area contributed by atoms with Crippen molar-refractivity contribution < 1.29 is 4.74 Å². The third kappa shape index (κ3) is 6.62. The molecule has 0 bridgehead atoms. The summed E-state index contributed by atoms with van der Waals surface area (Å²) in [7, 11) is 0. The van der Waals surface area contributed by atoms with Crippen molar-refractivity contribution >= 4 is 0 Å². The first-order valence-corrected chi connectivity index (χ1v) is 11.7. The van der Waals surface area contributed by atoms with Gasteiger partial charge in [0.25, 0.3) is 0 Å². The molecule has 0 amide bonds. The molecule has 2 fully saturated rings. The van der Waals surface area contributed by atoms with Gasteiger partial charge in [-0.15, -0.1) is 6.58 Å². The summed E-state index contributed by atoms with van der Waals surface area (Å²) in [6.07, 6.45) is 20.5. The van der Waals surface area contributed by atoms with Crippen LogP contribution in [0.5, 0.6) is 0 Å². The van der Waals surface area contributed by atoms with E-state index < -0.39 is 0 Å². The maximum atomic E-state index is 5.66. The lowest BCUT2D eigenvalue weighted by molar-refractivity contribution is 0.148. The van der Waals surface area contributed by atoms with E-state index in [1.54, 1.807) is 5.56 Å². The van der Waals surface area contributed by atoms with Crippen molar-refractivity contribution in [3.05, 3.63) is 60.2 Å². The van der Waals surface area contributed by atoms with E-state index in [1.807, 2.05) is 13.0 Å². The van der Waals surface area contributed by atoms with Gasteiger partial charge in [0.15, 0.2) is 0 Å². The summed E-state index contributed by atoms with van der Waals surface area (Å²) in [4.78, 5) is 0. The Bertz CT molecular complexity index is 583. The quantitative estimate of drug-likeness (QED) is 0.313. The van der Waals surface area contributed by atoms with Crippen LogP contribution in [0, 0.1) is 17.8 Å². The zero-order valence-electron chi connectivity index (χ0n) is 18.0. The van der Waals surface area contributed by atoms with E-state index >= 15 is 0 Å². The second-order valence-corrected chi connectivity index (χ2v) is 9.14. The summed E-state index contributed by atoms with van der Waals surface area (Å²) in [6, 6.07) is 9.21. The van der Waals surface area contributed by atoms with Crippen LogP contribution in [0.2, 0.25) is 0 Å². The standard InChI is InChI=1S/C27H40O/c1-3-5-20-28-21-25-14-18-27(19-15-25)26-16-12-24(13-17-26)11-10-23-8-6-22(4-2)7-9-23/h3-5,14-15,18-19,22-24,26H,2,6-13,16-17,20-21H2,1H3/t22-,23-,24?,26?. The van der Waals surface area contributed by atoms with Crippen molar-refractivity contribution in [1.29, 1.82) is 0 Å². The Morgan fingerprint density at radius 1 is 0.893 bits per heavy atom. The van der Waals surface area contributed by atoms with Crippen molar-refractivity contribution in [1.82, 2.24) is 0 Å². The van der Waals surface area contributed by atoms with Gasteiger partial charge in [0, 0.05) is 0 Å². The summed E-state index contributed by atoms with van der Waals surface area (Å²) in [5, 5.41) is 0. The average Bonchev–Trinajstić information content (AvgIpc) is 2.76. The number of hydrogen-bond donors (Lipinski definition) is 0. The molecule has 0 aromatic heterocycles. The molecular formula is C27H40O. The first-order chi connectivity index (χ1) is 13.8. The predicted octanol–water partition coefficient (Wildman–Crippen LogP) is 7.83. The molecule has 0 atom stereocenters. The van der Waals surface area contributed by atoms with E-state index in [0.29, 0.717) is 13.2 Å². The molecule has 3 rings (SSSR count). The van der Waals surface area contributed by atoms with Gasteiger partial charge in [-0.1, -0.05) is 55.3 Å². The molecule has 28 heavy (non-hydrogen) atoms. The summed E-state index contributed by atoms with van der Waals surface area (Å²) in [6.45, 7) is 7.43. The fraction of sp³-hybridized carbons (Fsp3) is 0.630. The summed E-state index contributed by atoms with van der Waals surface area (Å²) < 4.78 is 5.66. The maximum absolute atomic E-state index is 5.66. The minimum Gasteiger partial charge on any atom is -0.373 e. The molecule has 0 heterocycles. The second-order valence-electron chi connectivity index (χ2n) is 9.14. The van der Waals surface area contributed by atoms with Gasteiger partial charge >= 0.3 is 0 Å². The Hall–Kier alpha value is -1.34. The van der Waals surface area contributed by atoms with Crippen molar-refractivity contribution in [2.75, 3.05) is 6.61 Å². The molecule has 2 aliphatic carbocycles. The molecule has 0 saturated heterocycles. The molecule has 2 aliphatic rings. The molecule has 1 aromatic rings. The van der Waals surface area contributed by atoms with Crippen LogP contribution in [-0.2, 0) is 11.3 Å². The predicted molar refractivity (Wildman–Crippen MR) is 120 cm³/mol. The van der Waals surface area contributed by atoms with Gasteiger partial charge in [-0.2, -0.15) is 0 Å². The van der Waals surface area contributed by atoms with Crippen LogP contribution in [0.3, 0.4) is 0 Å². The first-order valence-electron chi connectivity index (χ1n) is 11.7. The highest BCUT2D eigenvalue weighted by atomic mass is 16.5. The van der Waals surface area contributed by atoms with E-state index in [-0.39, 0.29) is 0 Å². The largest absolute Gasteiger partial charge is 0.373 e. The Kier molecular flexibility index (Phi) is 8.86. The second kappa shape index (κ2) is 11.6. The minimum absolute atomic E-state index is 0.706. The molecule has 0 radical (unpaired) electrons. The molecule has 0 aliphatic heterocycles. The Morgan fingerprint density at radius 2 is 1.50 bits per heavy atom. The molecule has 0 unspecified atom stereocenters. The monoisotopic (exact) mass is 380 g/mol. The minimum atomic E-state index is 0.706. The SMILES string of the molecule is C=C[C@H]1CC[C@H](CCC2CCC(c3ccc(COCC=CC)cc3)CC2)CC1. The Labute approximate surface area is 173 Å². The van der Waals surface area contributed by atoms with Crippen LogP contribution in [-0.4, -0.2) is 6.61 Å². The van der Waals surface area contributed by atoms with E-state index in [0.717, 1.165) is 23.7 Å². The molecule has 0 spiro atoms. The molecule has 0 N–H and O–H groups in total. The number of rotatable bonds is 9. The highest BCUT2D eigenvalue weighted by Crippen LogP contribution is 2.39. The molecule has 1 heteroatoms. The molecule has 1 nitrogen and oxygen atoms in total. The van der Waals surface area contributed by atoms with Gasteiger partial charge < -0.3 is 4.74 Å². The van der Waals surface area contributed by atoms with Gasteiger partial charge in [-0.25, -0.2) is 0 Å². The lowest BCUT2D eigenvalue weighted by atomic mass is 9.74. The van der Waals surface area contributed by atoms with Crippen molar-refractivity contribution in [3.8, 4) is 0 Å². The van der Waals surface area contributed by atoms with Crippen LogP contribution in [0.4, 0.5) is 0 Å². The van der Waals surface area contributed by atoms with Crippen molar-refractivity contribution in [2.24, 2.45) is 17.8 Å². The highest BCUT2D eigenvalue weighted by molar-refractivity contribution is 5.25. The number of benzene rings is 1. The van der Waals surface area contributed by atoms with E-state index in [9.17, 15) is 0 Å². The fourth-order valence-corrected chi connectivity index (χ4v) is 5.20. The van der Waals surface area contributed by atoms with Gasteiger partial charge in [-0.05, 0) is 93.1 Å². The third-order valence-electron chi connectivity index (χ3n) is 7.22. The molecule has 1 aromatic carbocycles. The highest BCUT2D eigenvalue weighted by Gasteiger charge is 2.24. The van der Waals surface area contributed by atoms with Crippen LogP contribution in [0.15, 0.2) is 49.1 Å². The van der Waals surface area contributed by atoms with Crippen LogP contribution >= 0.6 is 0 Å². The molecule has 2 saturated carbocycles. The van der Waals surface area contributed by atoms with Gasteiger partial charge in [0.1, 0.15) is 0 Å². The number of allylic oxidation sites excluding steroid dienone is 2. The summed E-state index contributed by atoms with van der Waals surface area (Å²) >= 11 is 0. The zero-order valence-corrected chi connectivity index (χ0v) is 18.0. The smallest absolute Gasteiger partial charge is 0.0721 e. The lowest BCUT2D eigenvalue weighted by Gasteiger charge is -2.31. The number of hydrogen-bond acceptors (Lipinski definition) is 1. The zero-order chi connectivity index (χ0) is 19.6.